The molecule has 0 radical (unpaired) electrons. The third-order valence-corrected chi connectivity index (χ3v) is 12.5. The fourth-order valence-corrected chi connectivity index (χ4v) is 10.1. The zero-order valence-electron chi connectivity index (χ0n) is 30.6. The minimum Gasteiger partial charge on any atom is -0.399 e. The Kier molecular flexibility index (Phi) is 6.92. The number of aromatic nitrogens is 3. The van der Waals surface area contributed by atoms with E-state index in [1.807, 2.05) is 29.5 Å². The number of anilines is 1. The van der Waals surface area contributed by atoms with Gasteiger partial charge in [0.25, 0.3) is 0 Å². The molecule has 0 fully saturated rings. The molecule has 0 spiro atoms. The van der Waals surface area contributed by atoms with E-state index in [2.05, 4.69) is 168 Å². The molecule has 12 rings (SSSR count). The highest BCUT2D eigenvalue weighted by atomic mass is 32.1. The van der Waals surface area contributed by atoms with Crippen LogP contribution in [-0.2, 0) is 0 Å². The van der Waals surface area contributed by atoms with E-state index in [0.29, 0.717) is 5.82 Å². The Balaban J connectivity index is 1.02. The summed E-state index contributed by atoms with van der Waals surface area (Å²) in [4.78, 5) is 10.4. The van der Waals surface area contributed by atoms with Crippen molar-refractivity contribution in [1.82, 2.24) is 14.5 Å². The molecule has 0 unspecified atom stereocenters. The van der Waals surface area contributed by atoms with Crippen LogP contribution in [-0.4, -0.2) is 14.5 Å². The summed E-state index contributed by atoms with van der Waals surface area (Å²) in [5.41, 5.74) is 16.9. The van der Waals surface area contributed by atoms with E-state index < -0.39 is 0 Å². The Labute approximate surface area is 332 Å². The molecule has 3 heterocycles. The molecule has 0 aliphatic carbocycles. The average Bonchev–Trinajstić information content (AvgIpc) is 3.82. The number of thiophene rings is 1. The van der Waals surface area contributed by atoms with E-state index >= 15 is 0 Å². The molecular formula is C52H32N4S. The van der Waals surface area contributed by atoms with Crippen molar-refractivity contribution in [2.24, 2.45) is 0 Å². The molecule has 12 aromatic rings. The van der Waals surface area contributed by atoms with E-state index in [1.54, 1.807) is 0 Å². The van der Waals surface area contributed by atoms with E-state index in [0.717, 1.165) is 61.6 Å². The number of benzene rings is 9. The SMILES string of the molecule is Nc1cc(-c2cccc(-c3cc(-n4c5ccccc5c5ccccc54)nc(-c4ccccc4)n3)c2)cc(-c2cc3sc4cccc5c6ccccc6c(c2)c3c45)c1. The highest BCUT2D eigenvalue weighted by Crippen LogP contribution is 2.47. The van der Waals surface area contributed by atoms with Crippen molar-refractivity contribution in [3.8, 4) is 50.7 Å². The Morgan fingerprint density at radius 1 is 0.386 bits per heavy atom. The predicted octanol–water partition coefficient (Wildman–Crippen LogP) is 13.9. The van der Waals surface area contributed by atoms with Crippen LogP contribution in [0.4, 0.5) is 5.69 Å². The van der Waals surface area contributed by atoms with Gasteiger partial charge in [0.1, 0.15) is 5.82 Å². The highest BCUT2D eigenvalue weighted by Gasteiger charge is 2.19. The van der Waals surface area contributed by atoms with Crippen molar-refractivity contribution < 1.29 is 0 Å². The van der Waals surface area contributed by atoms with Gasteiger partial charge in [0.05, 0.1) is 16.7 Å². The van der Waals surface area contributed by atoms with E-state index in [4.69, 9.17) is 15.7 Å². The molecular weight excluding hydrogens is 713 g/mol. The minimum atomic E-state index is 0.677. The first kappa shape index (κ1) is 32.0. The van der Waals surface area contributed by atoms with Crippen molar-refractivity contribution in [2.75, 3.05) is 5.73 Å². The second kappa shape index (κ2) is 12.3. The van der Waals surface area contributed by atoms with Gasteiger partial charge in [-0.3, -0.25) is 4.57 Å². The van der Waals surface area contributed by atoms with Gasteiger partial charge in [-0.1, -0.05) is 121 Å². The van der Waals surface area contributed by atoms with Gasteiger partial charge in [0, 0.05) is 53.8 Å². The molecule has 5 heteroatoms. The number of rotatable bonds is 5. The number of nitrogens with two attached hydrogens (primary N) is 1. The zero-order valence-corrected chi connectivity index (χ0v) is 31.5. The van der Waals surface area contributed by atoms with Crippen molar-refractivity contribution in [3.05, 3.63) is 182 Å². The van der Waals surface area contributed by atoms with Crippen LogP contribution in [0, 0.1) is 0 Å². The van der Waals surface area contributed by atoms with E-state index in [9.17, 15) is 0 Å². The second-order valence-electron chi connectivity index (χ2n) is 14.8. The number of para-hydroxylation sites is 2. The van der Waals surface area contributed by atoms with Crippen LogP contribution in [0.25, 0.3) is 114 Å². The zero-order chi connectivity index (χ0) is 37.6. The van der Waals surface area contributed by atoms with Crippen LogP contribution in [0.3, 0.4) is 0 Å². The molecule has 57 heavy (non-hydrogen) atoms. The number of hydrogen-bond donors (Lipinski definition) is 1. The normalized spacial score (nSPS) is 11.9. The Morgan fingerprint density at radius 3 is 1.72 bits per heavy atom. The second-order valence-corrected chi connectivity index (χ2v) is 15.9. The monoisotopic (exact) mass is 744 g/mol. The number of hydrogen-bond acceptors (Lipinski definition) is 4. The van der Waals surface area contributed by atoms with Gasteiger partial charge in [-0.25, -0.2) is 9.97 Å². The van der Waals surface area contributed by atoms with Gasteiger partial charge in [-0.05, 0) is 98.4 Å². The lowest BCUT2D eigenvalue weighted by Gasteiger charge is -2.14. The van der Waals surface area contributed by atoms with Gasteiger partial charge < -0.3 is 5.73 Å². The summed E-state index contributed by atoms with van der Waals surface area (Å²) in [5.74, 6) is 1.50. The quantitative estimate of drug-likeness (QED) is 0.141. The summed E-state index contributed by atoms with van der Waals surface area (Å²) in [5, 5.41) is 10.3. The first-order valence-electron chi connectivity index (χ1n) is 19.2. The first-order valence-corrected chi connectivity index (χ1v) is 20.0. The molecule has 0 atom stereocenters. The molecule has 0 bridgehead atoms. The summed E-state index contributed by atoms with van der Waals surface area (Å²) in [6.45, 7) is 0. The molecule has 0 saturated heterocycles. The van der Waals surface area contributed by atoms with Crippen LogP contribution in [0.1, 0.15) is 0 Å². The topological polar surface area (TPSA) is 56.7 Å². The highest BCUT2D eigenvalue weighted by molar-refractivity contribution is 7.26. The van der Waals surface area contributed by atoms with Crippen molar-refractivity contribution >= 4 is 80.5 Å². The maximum atomic E-state index is 6.74. The average molecular weight is 745 g/mol. The Morgan fingerprint density at radius 2 is 0.947 bits per heavy atom. The fraction of sp³-hybridized carbons (Fsp3) is 0. The summed E-state index contributed by atoms with van der Waals surface area (Å²) >= 11 is 1.87. The third kappa shape index (κ3) is 4.99. The van der Waals surface area contributed by atoms with Crippen LogP contribution < -0.4 is 5.73 Å². The van der Waals surface area contributed by atoms with E-state index in [1.165, 1.54) is 52.5 Å². The van der Waals surface area contributed by atoms with Gasteiger partial charge in [-0.2, -0.15) is 0 Å². The fourth-order valence-electron chi connectivity index (χ4n) is 8.93. The van der Waals surface area contributed by atoms with Crippen LogP contribution in [0.2, 0.25) is 0 Å². The lowest BCUT2D eigenvalue weighted by atomic mass is 9.91. The number of nitrogens with zero attached hydrogens (tertiary/aromatic N) is 3. The molecule has 2 N–H and O–H groups in total. The predicted molar refractivity (Wildman–Crippen MR) is 242 cm³/mol. The van der Waals surface area contributed by atoms with Crippen LogP contribution in [0.15, 0.2) is 182 Å². The molecule has 0 aliphatic heterocycles. The van der Waals surface area contributed by atoms with E-state index in [-0.39, 0.29) is 0 Å². The van der Waals surface area contributed by atoms with Crippen molar-refractivity contribution in [1.29, 1.82) is 0 Å². The first-order chi connectivity index (χ1) is 28.1. The Bertz CT molecular complexity index is 3490. The molecule has 9 aromatic carbocycles. The Hall–Kier alpha value is -7.34. The minimum absolute atomic E-state index is 0.677. The third-order valence-electron chi connectivity index (χ3n) is 11.4. The van der Waals surface area contributed by atoms with Crippen molar-refractivity contribution in [2.45, 2.75) is 0 Å². The lowest BCUT2D eigenvalue weighted by Crippen LogP contribution is -2.02. The summed E-state index contributed by atoms with van der Waals surface area (Å²) in [6.07, 6.45) is 0. The lowest BCUT2D eigenvalue weighted by molar-refractivity contribution is 1.05. The summed E-state index contributed by atoms with van der Waals surface area (Å²) < 4.78 is 4.88. The van der Waals surface area contributed by atoms with Gasteiger partial charge in [0.2, 0.25) is 0 Å². The van der Waals surface area contributed by atoms with Crippen molar-refractivity contribution in [3.63, 3.8) is 0 Å². The van der Waals surface area contributed by atoms with Gasteiger partial charge >= 0.3 is 0 Å². The molecule has 4 nitrogen and oxygen atoms in total. The molecule has 0 amide bonds. The maximum Gasteiger partial charge on any atom is 0.162 e. The summed E-state index contributed by atoms with van der Waals surface area (Å²) in [7, 11) is 0. The number of nitrogen functional groups attached to an aromatic ring is 1. The maximum absolute atomic E-state index is 6.74. The standard InChI is InChI=1S/C52H32N4S/c53-37-26-34(25-35(27-37)36-28-43-39-17-5-4-16-38(39)42-20-11-23-47-50(42)51(43)48(29-36)57-47)32-14-10-15-33(24-32)44-30-49(55-52(54-44)31-12-2-1-3-13-31)56-45-21-8-6-18-40(45)41-19-7-9-22-46(41)56/h1-30H,53H2. The molecule has 3 aromatic heterocycles. The smallest absolute Gasteiger partial charge is 0.162 e. The molecule has 0 aliphatic rings. The van der Waals surface area contributed by atoms with Gasteiger partial charge in [-0.15, -0.1) is 11.3 Å². The van der Waals surface area contributed by atoms with Gasteiger partial charge in [0.15, 0.2) is 5.82 Å². The van der Waals surface area contributed by atoms with Crippen LogP contribution >= 0.6 is 11.3 Å². The van der Waals surface area contributed by atoms with Crippen LogP contribution in [0.5, 0.6) is 0 Å². The summed E-state index contributed by atoms with van der Waals surface area (Å²) in [6, 6.07) is 64.7. The molecule has 266 valence electrons. The number of fused-ring (bicyclic) bond motifs is 6. The largest absolute Gasteiger partial charge is 0.399 e. The molecule has 0 saturated carbocycles.